The number of amides is 1. The zero-order valence-corrected chi connectivity index (χ0v) is 11.1. The lowest BCUT2D eigenvalue weighted by Crippen LogP contribution is -2.50. The van der Waals surface area contributed by atoms with E-state index in [1.54, 1.807) is 0 Å². The lowest BCUT2D eigenvalue weighted by Gasteiger charge is -2.33. The zero-order valence-electron chi connectivity index (χ0n) is 11.1. The molecule has 0 aromatic heterocycles. The number of carbonyl (C=O) groups is 1. The van der Waals surface area contributed by atoms with E-state index < -0.39 is 0 Å². The smallest absolute Gasteiger partial charge is 0.236 e. The number of aliphatic hydroxyl groups excluding tert-OH is 1. The molecule has 0 spiro atoms. The van der Waals surface area contributed by atoms with Gasteiger partial charge in [0.1, 0.15) is 0 Å². The molecule has 0 aliphatic carbocycles. The van der Waals surface area contributed by atoms with E-state index in [1.807, 2.05) is 18.7 Å². The fraction of sp³-hybridized carbons (Fsp3) is 0.917. The van der Waals surface area contributed by atoms with Crippen LogP contribution in [0.4, 0.5) is 0 Å². The summed E-state index contributed by atoms with van der Waals surface area (Å²) in [6, 6.07) is 0.163. The highest BCUT2D eigenvalue weighted by atomic mass is 16.3. The lowest BCUT2D eigenvalue weighted by molar-refractivity contribution is -0.132. The monoisotopic (exact) mass is 243 g/mol. The van der Waals surface area contributed by atoms with Crippen LogP contribution < -0.4 is 5.32 Å². The van der Waals surface area contributed by atoms with Crippen molar-refractivity contribution in [1.29, 1.82) is 0 Å². The Morgan fingerprint density at radius 1 is 1.29 bits per heavy atom. The Morgan fingerprint density at radius 2 is 1.88 bits per heavy atom. The third kappa shape index (κ3) is 4.61. The van der Waals surface area contributed by atoms with E-state index in [-0.39, 0.29) is 24.5 Å². The van der Waals surface area contributed by atoms with Crippen molar-refractivity contribution in [2.24, 2.45) is 5.92 Å². The van der Waals surface area contributed by atoms with E-state index >= 15 is 0 Å². The van der Waals surface area contributed by atoms with Crippen molar-refractivity contribution in [3.63, 3.8) is 0 Å². The predicted octanol–water partition coefficient (Wildman–Crippen LogP) is -0.633. The molecule has 17 heavy (non-hydrogen) atoms. The molecule has 0 saturated carbocycles. The Labute approximate surface area is 104 Å². The van der Waals surface area contributed by atoms with E-state index in [0.717, 1.165) is 26.2 Å². The molecule has 2 N–H and O–H groups in total. The van der Waals surface area contributed by atoms with E-state index in [1.165, 1.54) is 0 Å². The summed E-state index contributed by atoms with van der Waals surface area (Å²) < 4.78 is 0. The van der Waals surface area contributed by atoms with E-state index in [2.05, 4.69) is 17.3 Å². The standard InChI is InChI=1S/C12H25N3O2/c1-10(9-16)11(2)13-8-12(17)15-6-4-14(3)5-7-15/h10-11,13,16H,4-9H2,1-3H3. The summed E-state index contributed by atoms with van der Waals surface area (Å²) in [5.74, 6) is 0.338. The van der Waals surface area contributed by atoms with Gasteiger partial charge in [0.05, 0.1) is 6.54 Å². The van der Waals surface area contributed by atoms with Crippen LogP contribution in [0.3, 0.4) is 0 Å². The molecule has 1 aliphatic rings. The predicted molar refractivity (Wildman–Crippen MR) is 67.8 cm³/mol. The van der Waals surface area contributed by atoms with E-state index in [0.29, 0.717) is 6.54 Å². The van der Waals surface area contributed by atoms with Crippen molar-refractivity contribution < 1.29 is 9.90 Å². The molecular formula is C12H25N3O2. The van der Waals surface area contributed by atoms with Gasteiger partial charge in [0.25, 0.3) is 0 Å². The zero-order chi connectivity index (χ0) is 12.8. The van der Waals surface area contributed by atoms with Crippen LogP contribution in [0.5, 0.6) is 0 Å². The second kappa shape index (κ2) is 6.93. The largest absolute Gasteiger partial charge is 0.396 e. The number of nitrogens with zero attached hydrogens (tertiary/aromatic N) is 2. The summed E-state index contributed by atoms with van der Waals surface area (Å²) in [6.45, 7) is 8.03. The quantitative estimate of drug-likeness (QED) is 0.675. The van der Waals surface area contributed by atoms with Gasteiger partial charge < -0.3 is 20.2 Å². The van der Waals surface area contributed by atoms with Gasteiger partial charge >= 0.3 is 0 Å². The summed E-state index contributed by atoms with van der Waals surface area (Å²) in [6.07, 6.45) is 0. The van der Waals surface area contributed by atoms with Crippen molar-refractivity contribution >= 4 is 5.91 Å². The van der Waals surface area contributed by atoms with Crippen LogP contribution in [-0.2, 0) is 4.79 Å². The minimum Gasteiger partial charge on any atom is -0.396 e. The van der Waals surface area contributed by atoms with Crippen molar-refractivity contribution in [2.45, 2.75) is 19.9 Å². The number of nitrogens with one attached hydrogen (secondary N) is 1. The van der Waals surface area contributed by atoms with E-state index in [9.17, 15) is 4.79 Å². The van der Waals surface area contributed by atoms with Crippen LogP contribution in [-0.4, -0.2) is 73.2 Å². The van der Waals surface area contributed by atoms with Crippen molar-refractivity contribution in [2.75, 3.05) is 46.4 Å². The molecule has 1 saturated heterocycles. The maximum atomic E-state index is 11.9. The maximum Gasteiger partial charge on any atom is 0.236 e. The Bertz CT molecular complexity index is 240. The van der Waals surface area contributed by atoms with E-state index in [4.69, 9.17) is 5.11 Å². The van der Waals surface area contributed by atoms with Gasteiger partial charge in [0, 0.05) is 38.8 Å². The average molecular weight is 243 g/mol. The molecule has 0 bridgehead atoms. The third-order valence-corrected chi connectivity index (χ3v) is 3.57. The number of piperazine rings is 1. The van der Waals surface area contributed by atoms with Gasteiger partial charge in [-0.2, -0.15) is 0 Å². The highest BCUT2D eigenvalue weighted by molar-refractivity contribution is 5.78. The fourth-order valence-corrected chi connectivity index (χ4v) is 1.78. The first kappa shape index (κ1) is 14.4. The number of likely N-dealkylation sites (N-methyl/N-ethyl adjacent to an activating group) is 1. The number of hydrogen-bond donors (Lipinski definition) is 2. The molecule has 2 atom stereocenters. The van der Waals surface area contributed by atoms with Crippen LogP contribution in [0.2, 0.25) is 0 Å². The summed E-state index contributed by atoms with van der Waals surface area (Å²) >= 11 is 0. The maximum absolute atomic E-state index is 11.9. The molecular weight excluding hydrogens is 218 g/mol. The summed E-state index contributed by atoms with van der Waals surface area (Å²) in [4.78, 5) is 16.0. The molecule has 0 aromatic carbocycles. The minimum absolute atomic E-state index is 0.150. The number of carbonyl (C=O) groups excluding carboxylic acids is 1. The highest BCUT2D eigenvalue weighted by Crippen LogP contribution is 2.02. The minimum atomic E-state index is 0.150. The van der Waals surface area contributed by atoms with Gasteiger partial charge in [0.2, 0.25) is 5.91 Å². The molecule has 2 unspecified atom stereocenters. The van der Waals surface area contributed by atoms with Gasteiger partial charge in [-0.15, -0.1) is 0 Å². The Kier molecular flexibility index (Phi) is 5.88. The van der Waals surface area contributed by atoms with Gasteiger partial charge in [-0.05, 0) is 19.9 Å². The molecule has 1 amide bonds. The highest BCUT2D eigenvalue weighted by Gasteiger charge is 2.19. The van der Waals surface area contributed by atoms with Crippen LogP contribution in [0.15, 0.2) is 0 Å². The van der Waals surface area contributed by atoms with Gasteiger partial charge in [-0.3, -0.25) is 4.79 Å². The van der Waals surface area contributed by atoms with Crippen LogP contribution >= 0.6 is 0 Å². The second-order valence-electron chi connectivity index (χ2n) is 5.01. The van der Waals surface area contributed by atoms with Crippen LogP contribution in [0, 0.1) is 5.92 Å². The molecule has 5 nitrogen and oxygen atoms in total. The molecule has 1 heterocycles. The molecule has 1 fully saturated rings. The molecule has 0 radical (unpaired) electrons. The van der Waals surface area contributed by atoms with Gasteiger partial charge in [-0.25, -0.2) is 0 Å². The van der Waals surface area contributed by atoms with Gasteiger partial charge in [-0.1, -0.05) is 6.92 Å². The molecule has 100 valence electrons. The first-order valence-corrected chi connectivity index (χ1v) is 6.35. The Balaban J connectivity index is 2.25. The Hall–Kier alpha value is -0.650. The lowest BCUT2D eigenvalue weighted by atomic mass is 10.1. The summed E-state index contributed by atoms with van der Waals surface area (Å²) in [5, 5.41) is 12.2. The second-order valence-corrected chi connectivity index (χ2v) is 5.01. The molecule has 0 aromatic rings. The van der Waals surface area contributed by atoms with Crippen molar-refractivity contribution in [3.8, 4) is 0 Å². The first-order valence-electron chi connectivity index (χ1n) is 6.35. The molecule has 1 rings (SSSR count). The third-order valence-electron chi connectivity index (χ3n) is 3.57. The molecule has 5 heteroatoms. The topological polar surface area (TPSA) is 55.8 Å². The Morgan fingerprint density at radius 3 is 2.41 bits per heavy atom. The van der Waals surface area contributed by atoms with Crippen LogP contribution in [0.25, 0.3) is 0 Å². The summed E-state index contributed by atoms with van der Waals surface area (Å²) in [5.41, 5.74) is 0. The fourth-order valence-electron chi connectivity index (χ4n) is 1.78. The normalized spacial score (nSPS) is 21.3. The van der Waals surface area contributed by atoms with Gasteiger partial charge in [0.15, 0.2) is 0 Å². The molecule has 1 aliphatic heterocycles. The number of hydrogen-bond acceptors (Lipinski definition) is 4. The number of aliphatic hydroxyl groups is 1. The first-order chi connectivity index (χ1) is 8.04. The average Bonchev–Trinajstić information content (AvgIpc) is 2.35. The number of rotatable bonds is 5. The summed E-state index contributed by atoms with van der Waals surface area (Å²) in [7, 11) is 2.07. The van der Waals surface area contributed by atoms with Crippen molar-refractivity contribution in [3.05, 3.63) is 0 Å². The van der Waals surface area contributed by atoms with Crippen LogP contribution in [0.1, 0.15) is 13.8 Å². The SMILES string of the molecule is CC(CO)C(C)NCC(=O)N1CCN(C)CC1. The van der Waals surface area contributed by atoms with Crippen molar-refractivity contribution in [1.82, 2.24) is 15.1 Å².